The van der Waals surface area contributed by atoms with Crippen molar-refractivity contribution in [2.45, 2.75) is 33.2 Å². The number of hydrogen-bond donors (Lipinski definition) is 0. The molecule has 0 aliphatic rings. The largest absolute Gasteiger partial charge is 0.469 e. The van der Waals surface area contributed by atoms with Crippen LogP contribution in [0.1, 0.15) is 47.3 Å². The van der Waals surface area contributed by atoms with Crippen LogP contribution in [0.15, 0.2) is 27.3 Å². The molecule has 2 heterocycles. The summed E-state index contributed by atoms with van der Waals surface area (Å²) in [6.45, 7) is 6.26. The predicted molar refractivity (Wildman–Crippen MR) is 69.8 cm³/mol. The van der Waals surface area contributed by atoms with E-state index in [1.54, 1.807) is 24.9 Å². The Morgan fingerprint density at radius 3 is 2.74 bits per heavy atom. The fraction of sp³-hybridized carbons (Fsp3) is 0.429. The Kier molecular flexibility index (Phi) is 3.74. The van der Waals surface area contributed by atoms with Gasteiger partial charge in [-0.05, 0) is 18.9 Å². The van der Waals surface area contributed by atoms with Gasteiger partial charge in [0.15, 0.2) is 5.76 Å². The van der Waals surface area contributed by atoms with Crippen molar-refractivity contribution in [2.24, 2.45) is 0 Å². The summed E-state index contributed by atoms with van der Waals surface area (Å²) in [5, 5.41) is 3.98. The molecular weight excluding hydrogens is 244 g/mol. The third-order valence-electron chi connectivity index (χ3n) is 3.00. The van der Waals surface area contributed by atoms with Gasteiger partial charge in [0.2, 0.25) is 0 Å². The van der Waals surface area contributed by atoms with Gasteiger partial charge in [0, 0.05) is 13.1 Å². The molecule has 0 saturated heterocycles. The van der Waals surface area contributed by atoms with Crippen molar-refractivity contribution in [3.8, 4) is 0 Å². The molecule has 2 rings (SSSR count). The van der Waals surface area contributed by atoms with E-state index in [1.807, 2.05) is 19.9 Å². The third kappa shape index (κ3) is 2.86. The van der Waals surface area contributed by atoms with Crippen LogP contribution in [0.3, 0.4) is 0 Å². The van der Waals surface area contributed by atoms with Gasteiger partial charge in [-0.25, -0.2) is 0 Å². The maximum Gasteiger partial charge on any atom is 0.257 e. The lowest BCUT2D eigenvalue weighted by Gasteiger charge is -2.14. The molecule has 0 radical (unpaired) electrons. The second-order valence-electron chi connectivity index (χ2n) is 4.92. The summed E-state index contributed by atoms with van der Waals surface area (Å²) >= 11 is 0. The minimum Gasteiger partial charge on any atom is -0.469 e. The molecule has 0 unspecified atom stereocenters. The SMILES string of the molecule is Cc1occc1C(=O)N(C)Cc1cc(C(C)C)no1. The van der Waals surface area contributed by atoms with Crippen molar-refractivity contribution < 1.29 is 13.7 Å². The summed E-state index contributed by atoms with van der Waals surface area (Å²) in [5.74, 6) is 1.53. The highest BCUT2D eigenvalue weighted by Crippen LogP contribution is 2.17. The molecule has 0 bridgehead atoms. The molecule has 0 aromatic carbocycles. The minimum atomic E-state index is -0.0891. The molecule has 0 aliphatic heterocycles. The maximum absolute atomic E-state index is 12.2. The molecule has 5 heteroatoms. The summed E-state index contributed by atoms with van der Waals surface area (Å²) < 4.78 is 10.4. The van der Waals surface area contributed by atoms with Crippen molar-refractivity contribution in [1.29, 1.82) is 0 Å². The summed E-state index contributed by atoms with van der Waals surface area (Å²) in [6, 6.07) is 3.56. The van der Waals surface area contributed by atoms with Crippen molar-refractivity contribution in [2.75, 3.05) is 7.05 Å². The summed E-state index contributed by atoms with van der Waals surface area (Å²) in [6.07, 6.45) is 1.52. The first-order valence-electron chi connectivity index (χ1n) is 6.24. The fourth-order valence-electron chi connectivity index (χ4n) is 1.79. The number of aromatic nitrogens is 1. The molecule has 0 N–H and O–H groups in total. The van der Waals surface area contributed by atoms with E-state index in [9.17, 15) is 4.79 Å². The fourth-order valence-corrected chi connectivity index (χ4v) is 1.79. The van der Waals surface area contributed by atoms with Gasteiger partial charge in [-0.15, -0.1) is 0 Å². The van der Waals surface area contributed by atoms with Crippen LogP contribution in [-0.2, 0) is 6.54 Å². The zero-order valence-electron chi connectivity index (χ0n) is 11.6. The molecule has 0 atom stereocenters. The highest BCUT2D eigenvalue weighted by Gasteiger charge is 2.18. The van der Waals surface area contributed by atoms with Crippen molar-refractivity contribution >= 4 is 5.91 Å². The Morgan fingerprint density at radius 1 is 1.47 bits per heavy atom. The van der Waals surface area contributed by atoms with Crippen LogP contribution in [0.5, 0.6) is 0 Å². The minimum absolute atomic E-state index is 0.0891. The molecule has 19 heavy (non-hydrogen) atoms. The van der Waals surface area contributed by atoms with Gasteiger partial charge < -0.3 is 13.8 Å². The smallest absolute Gasteiger partial charge is 0.257 e. The Hall–Kier alpha value is -2.04. The van der Waals surface area contributed by atoms with E-state index in [0.29, 0.717) is 29.5 Å². The number of amides is 1. The van der Waals surface area contributed by atoms with Crippen LogP contribution in [0, 0.1) is 6.92 Å². The lowest BCUT2D eigenvalue weighted by Crippen LogP contribution is -2.26. The van der Waals surface area contributed by atoms with E-state index in [4.69, 9.17) is 8.94 Å². The van der Waals surface area contributed by atoms with E-state index in [0.717, 1.165) is 5.69 Å². The van der Waals surface area contributed by atoms with E-state index in [1.165, 1.54) is 6.26 Å². The van der Waals surface area contributed by atoms with Gasteiger partial charge >= 0.3 is 0 Å². The van der Waals surface area contributed by atoms with E-state index >= 15 is 0 Å². The normalized spacial score (nSPS) is 11.0. The molecule has 1 amide bonds. The first-order valence-corrected chi connectivity index (χ1v) is 6.24. The lowest BCUT2D eigenvalue weighted by molar-refractivity contribution is 0.0770. The van der Waals surface area contributed by atoms with E-state index < -0.39 is 0 Å². The van der Waals surface area contributed by atoms with Crippen LogP contribution < -0.4 is 0 Å². The molecule has 102 valence electrons. The van der Waals surface area contributed by atoms with E-state index in [-0.39, 0.29) is 5.91 Å². The van der Waals surface area contributed by atoms with Gasteiger partial charge in [0.05, 0.1) is 24.1 Å². The Labute approximate surface area is 112 Å². The monoisotopic (exact) mass is 262 g/mol. The van der Waals surface area contributed by atoms with Gasteiger partial charge in [-0.1, -0.05) is 19.0 Å². The van der Waals surface area contributed by atoms with Gasteiger partial charge in [-0.3, -0.25) is 4.79 Å². The molecule has 5 nitrogen and oxygen atoms in total. The van der Waals surface area contributed by atoms with Crippen LogP contribution in [0.25, 0.3) is 0 Å². The number of aryl methyl sites for hydroxylation is 1. The Bertz CT molecular complexity index is 569. The third-order valence-corrected chi connectivity index (χ3v) is 3.00. The summed E-state index contributed by atoms with van der Waals surface area (Å²) in [4.78, 5) is 13.8. The number of rotatable bonds is 4. The van der Waals surface area contributed by atoms with Crippen LogP contribution in [-0.4, -0.2) is 23.0 Å². The summed E-state index contributed by atoms with van der Waals surface area (Å²) in [7, 11) is 1.73. The number of nitrogens with zero attached hydrogens (tertiary/aromatic N) is 2. The molecule has 2 aromatic heterocycles. The molecule has 0 saturated carbocycles. The zero-order valence-corrected chi connectivity index (χ0v) is 11.6. The van der Waals surface area contributed by atoms with Crippen LogP contribution >= 0.6 is 0 Å². The topological polar surface area (TPSA) is 59.5 Å². The first kappa shape index (κ1) is 13.4. The summed E-state index contributed by atoms with van der Waals surface area (Å²) in [5.41, 5.74) is 1.47. The number of carbonyl (C=O) groups excluding carboxylic acids is 1. The predicted octanol–water partition coefficient (Wildman–Crippen LogP) is 2.97. The Morgan fingerprint density at radius 2 is 2.21 bits per heavy atom. The highest BCUT2D eigenvalue weighted by atomic mass is 16.5. The van der Waals surface area contributed by atoms with Crippen LogP contribution in [0.2, 0.25) is 0 Å². The quantitative estimate of drug-likeness (QED) is 0.850. The average molecular weight is 262 g/mol. The van der Waals surface area contributed by atoms with E-state index in [2.05, 4.69) is 5.16 Å². The Balaban J connectivity index is 2.06. The van der Waals surface area contributed by atoms with Gasteiger partial charge in [-0.2, -0.15) is 0 Å². The lowest BCUT2D eigenvalue weighted by atomic mass is 10.1. The van der Waals surface area contributed by atoms with Crippen LogP contribution in [0.4, 0.5) is 0 Å². The molecule has 2 aromatic rings. The molecule has 0 fully saturated rings. The van der Waals surface area contributed by atoms with Crippen molar-refractivity contribution in [3.05, 3.63) is 41.2 Å². The zero-order chi connectivity index (χ0) is 14.0. The molecule has 0 aliphatic carbocycles. The molecule has 0 spiro atoms. The van der Waals surface area contributed by atoms with Crippen molar-refractivity contribution in [3.63, 3.8) is 0 Å². The first-order chi connectivity index (χ1) is 8.99. The average Bonchev–Trinajstić information content (AvgIpc) is 2.97. The standard InChI is InChI=1S/C14H18N2O3/c1-9(2)13-7-11(19-15-13)8-16(4)14(17)12-5-6-18-10(12)3/h5-7,9H,8H2,1-4H3. The second-order valence-corrected chi connectivity index (χ2v) is 4.92. The second kappa shape index (κ2) is 5.30. The number of carbonyl (C=O) groups is 1. The van der Waals surface area contributed by atoms with Crippen molar-refractivity contribution in [1.82, 2.24) is 10.1 Å². The molecular formula is C14H18N2O3. The number of furan rings is 1. The number of hydrogen-bond acceptors (Lipinski definition) is 4. The van der Waals surface area contributed by atoms with Gasteiger partial charge in [0.25, 0.3) is 5.91 Å². The van der Waals surface area contributed by atoms with Gasteiger partial charge in [0.1, 0.15) is 5.76 Å². The maximum atomic E-state index is 12.2. The highest BCUT2D eigenvalue weighted by molar-refractivity contribution is 5.94.